The molecule has 0 nitrogen and oxygen atoms in total. The third-order valence-electron chi connectivity index (χ3n) is 8.06. The summed E-state index contributed by atoms with van der Waals surface area (Å²) in [5, 5.41) is 5.83. The maximum absolute atomic E-state index is 2.53. The summed E-state index contributed by atoms with van der Waals surface area (Å²) in [5.41, 5.74) is 0. The highest BCUT2D eigenvalue weighted by Crippen LogP contribution is 2.50. The molecule has 0 aliphatic carbocycles. The Kier molecular flexibility index (Phi) is 6.51. The molecule has 0 aliphatic heterocycles. The summed E-state index contributed by atoms with van der Waals surface area (Å²) in [6.07, 6.45) is 12.4. The van der Waals surface area contributed by atoms with Crippen molar-refractivity contribution in [3.63, 3.8) is 0 Å². The second-order valence-electron chi connectivity index (χ2n) is 10.9. The van der Waals surface area contributed by atoms with Gasteiger partial charge in [0.2, 0.25) is 0 Å². The summed E-state index contributed by atoms with van der Waals surface area (Å²) in [6.45, 7) is 4.53. The first-order valence-corrected chi connectivity index (χ1v) is 19.1. The highest BCUT2D eigenvalue weighted by atomic mass is 32.1. The molecule has 6 heterocycles. The Morgan fingerprint density at radius 2 is 0.949 bits per heavy atom. The number of thiophene rings is 6. The first kappa shape index (κ1) is 25.2. The van der Waals surface area contributed by atoms with Crippen molar-refractivity contribution in [2.75, 3.05) is 0 Å². The van der Waals surface area contributed by atoms with Crippen molar-refractivity contribution >= 4 is 137 Å². The number of hydrogen-bond acceptors (Lipinski definition) is 6. The lowest BCUT2D eigenvalue weighted by molar-refractivity contribution is 0.576. The van der Waals surface area contributed by atoms with E-state index in [2.05, 4.69) is 61.6 Å². The second kappa shape index (κ2) is 10.1. The van der Waals surface area contributed by atoms with E-state index in [1.54, 1.807) is 4.88 Å². The van der Waals surface area contributed by atoms with Crippen molar-refractivity contribution in [3.8, 4) is 0 Å². The molecule has 0 N–H and O–H groups in total. The maximum Gasteiger partial charge on any atom is 0.0542 e. The molecule has 0 bridgehead atoms. The molecule has 198 valence electrons. The Morgan fingerprint density at radius 3 is 1.59 bits per heavy atom. The molecule has 0 saturated heterocycles. The van der Waals surface area contributed by atoms with Gasteiger partial charge in [0, 0.05) is 59.5 Å². The molecular weight excluding hydrogens is 589 g/mol. The molecule has 6 heteroatoms. The molecule has 6 aromatic heterocycles. The van der Waals surface area contributed by atoms with Gasteiger partial charge in [0.25, 0.3) is 0 Å². The average Bonchev–Trinajstić information content (AvgIpc) is 3.73. The smallest absolute Gasteiger partial charge is 0.0542 e. The number of rotatable bonds is 9. The van der Waals surface area contributed by atoms with Gasteiger partial charge in [0.1, 0.15) is 0 Å². The first-order valence-electron chi connectivity index (χ1n) is 14.2. The number of unbranched alkanes of at least 4 members (excludes halogenated alkanes) is 7. The highest BCUT2D eigenvalue weighted by Gasteiger charge is 2.18. The van der Waals surface area contributed by atoms with Gasteiger partial charge in [0.05, 0.1) is 18.8 Å². The number of benzene rings is 2. The summed E-state index contributed by atoms with van der Waals surface area (Å²) in [5.74, 6) is 0. The van der Waals surface area contributed by atoms with E-state index in [1.165, 1.54) is 131 Å². The lowest BCUT2D eigenvalue weighted by atomic mass is 10.1. The first-order chi connectivity index (χ1) is 19.2. The van der Waals surface area contributed by atoms with Crippen LogP contribution >= 0.6 is 68.0 Å². The van der Waals surface area contributed by atoms with E-state index in [4.69, 9.17) is 0 Å². The van der Waals surface area contributed by atoms with E-state index in [-0.39, 0.29) is 0 Å². The Hall–Kier alpha value is -1.54. The standard InChI is InChI=1S/C33H30S6/c1-3-4-5-6-7-8-9-10-11-19-13-29-31(35-19)21-15-23-27(17-25(21)37-29)39-32-22-14-20-24(16-26(22)38-33(23)32)36-28-12-18(2)34-30(20)28/h12-17H,3-11H2,1-2H3. The van der Waals surface area contributed by atoms with Gasteiger partial charge in [-0.25, -0.2) is 0 Å². The zero-order valence-corrected chi connectivity index (χ0v) is 27.2. The predicted molar refractivity (Wildman–Crippen MR) is 187 cm³/mol. The van der Waals surface area contributed by atoms with Crippen LogP contribution in [-0.4, -0.2) is 0 Å². The molecule has 0 aliphatic rings. The zero-order valence-electron chi connectivity index (χ0n) is 22.3. The number of fused-ring (bicyclic) bond motifs is 11. The van der Waals surface area contributed by atoms with Gasteiger partial charge in [-0.1, -0.05) is 51.9 Å². The van der Waals surface area contributed by atoms with Gasteiger partial charge in [0.15, 0.2) is 0 Å². The molecule has 39 heavy (non-hydrogen) atoms. The van der Waals surface area contributed by atoms with E-state index < -0.39 is 0 Å². The largest absolute Gasteiger partial charge is 0.139 e. The average molecular weight is 619 g/mol. The summed E-state index contributed by atoms with van der Waals surface area (Å²) >= 11 is 12.0. The number of hydrogen-bond donors (Lipinski definition) is 0. The molecule has 0 atom stereocenters. The molecule has 8 aromatic rings. The van der Waals surface area contributed by atoms with Gasteiger partial charge in [-0.3, -0.25) is 0 Å². The fraction of sp³-hybridized carbons (Fsp3) is 0.333. The van der Waals surface area contributed by atoms with E-state index in [0.717, 1.165) is 0 Å². The summed E-state index contributed by atoms with van der Waals surface area (Å²) in [6, 6.07) is 14.8. The Morgan fingerprint density at radius 1 is 0.436 bits per heavy atom. The van der Waals surface area contributed by atoms with E-state index in [1.807, 2.05) is 56.7 Å². The van der Waals surface area contributed by atoms with Gasteiger partial charge in [-0.2, -0.15) is 0 Å². The molecule has 0 fully saturated rings. The third kappa shape index (κ3) is 4.29. The van der Waals surface area contributed by atoms with Gasteiger partial charge < -0.3 is 0 Å². The molecule has 0 amide bonds. The minimum absolute atomic E-state index is 1.25. The minimum Gasteiger partial charge on any atom is -0.139 e. The predicted octanol–water partition coefficient (Wildman–Crippen LogP) is 14.1. The Balaban J connectivity index is 1.12. The van der Waals surface area contributed by atoms with Crippen LogP contribution in [0.2, 0.25) is 0 Å². The molecular formula is C33H30S6. The second-order valence-corrected chi connectivity index (χ2v) is 17.6. The van der Waals surface area contributed by atoms with Crippen LogP contribution in [0, 0.1) is 6.92 Å². The van der Waals surface area contributed by atoms with Crippen molar-refractivity contribution < 1.29 is 0 Å². The summed E-state index contributed by atoms with van der Waals surface area (Å²) in [7, 11) is 0. The van der Waals surface area contributed by atoms with Crippen LogP contribution < -0.4 is 0 Å². The van der Waals surface area contributed by atoms with Crippen molar-refractivity contribution in [2.24, 2.45) is 0 Å². The van der Waals surface area contributed by atoms with Crippen LogP contribution in [0.15, 0.2) is 36.4 Å². The van der Waals surface area contributed by atoms with Crippen molar-refractivity contribution in [1.29, 1.82) is 0 Å². The lowest BCUT2D eigenvalue weighted by Crippen LogP contribution is -1.83. The van der Waals surface area contributed by atoms with Crippen LogP contribution in [0.4, 0.5) is 0 Å². The van der Waals surface area contributed by atoms with Crippen molar-refractivity contribution in [1.82, 2.24) is 0 Å². The fourth-order valence-electron chi connectivity index (χ4n) is 6.07. The Labute approximate surface area is 252 Å². The molecule has 0 spiro atoms. The molecule has 0 radical (unpaired) electrons. The third-order valence-corrected chi connectivity index (χ3v) is 15.3. The van der Waals surface area contributed by atoms with Crippen molar-refractivity contribution in [2.45, 2.75) is 71.6 Å². The van der Waals surface area contributed by atoms with Crippen molar-refractivity contribution in [3.05, 3.63) is 46.2 Å². The molecule has 8 rings (SSSR count). The summed E-state index contributed by atoms with van der Waals surface area (Å²) < 4.78 is 14.7. The van der Waals surface area contributed by atoms with Crippen LogP contribution in [0.1, 0.15) is 68.0 Å². The van der Waals surface area contributed by atoms with Crippen LogP contribution in [0.25, 0.3) is 68.5 Å². The molecule has 0 unspecified atom stereocenters. The summed E-state index contributed by atoms with van der Waals surface area (Å²) in [4.78, 5) is 2.99. The maximum atomic E-state index is 2.53. The lowest BCUT2D eigenvalue weighted by Gasteiger charge is -2.00. The highest BCUT2D eigenvalue weighted by molar-refractivity contribution is 7.38. The SMILES string of the molecule is CCCCCCCCCCc1cc2sc3cc4sc5c6cc7c(cc6sc5c4cc3c2s1)sc1cc(C)sc17. The van der Waals surface area contributed by atoms with Crippen LogP contribution in [0.5, 0.6) is 0 Å². The zero-order chi connectivity index (χ0) is 26.1. The van der Waals surface area contributed by atoms with Crippen LogP contribution in [0.3, 0.4) is 0 Å². The van der Waals surface area contributed by atoms with Crippen LogP contribution in [-0.2, 0) is 6.42 Å². The van der Waals surface area contributed by atoms with Gasteiger partial charge in [-0.05, 0) is 56.2 Å². The van der Waals surface area contributed by atoms with E-state index in [9.17, 15) is 0 Å². The minimum atomic E-state index is 1.25. The monoisotopic (exact) mass is 618 g/mol. The van der Waals surface area contributed by atoms with Gasteiger partial charge in [-0.15, -0.1) is 68.0 Å². The quantitative estimate of drug-likeness (QED) is 0.141. The fourth-order valence-corrected chi connectivity index (χ4v) is 13.9. The molecule has 0 saturated carbocycles. The van der Waals surface area contributed by atoms with E-state index >= 15 is 0 Å². The number of aryl methyl sites for hydroxylation is 2. The topological polar surface area (TPSA) is 0 Å². The molecule has 2 aromatic carbocycles. The van der Waals surface area contributed by atoms with Gasteiger partial charge >= 0.3 is 0 Å². The van der Waals surface area contributed by atoms with E-state index in [0.29, 0.717) is 0 Å². The normalized spacial score (nSPS) is 12.8. The Bertz CT molecular complexity index is 2130.